The molecule has 2 aromatic heterocycles. The lowest BCUT2D eigenvalue weighted by molar-refractivity contribution is -0.115. The first-order valence-electron chi connectivity index (χ1n) is 9.11. The third-order valence-corrected chi connectivity index (χ3v) is 5.75. The van der Waals surface area contributed by atoms with Crippen molar-refractivity contribution >= 4 is 33.8 Å². The summed E-state index contributed by atoms with van der Waals surface area (Å²) in [5.74, 6) is 1.68. The number of carbonyl (C=O) groups is 1. The Kier molecular flexibility index (Phi) is 5.04. The van der Waals surface area contributed by atoms with Gasteiger partial charge in [0.2, 0.25) is 0 Å². The maximum Gasteiger partial charge on any atom is 0.149 e. The molecule has 1 saturated heterocycles. The molecule has 6 heteroatoms. The van der Waals surface area contributed by atoms with Gasteiger partial charge < -0.3 is 9.88 Å². The van der Waals surface area contributed by atoms with E-state index < -0.39 is 0 Å². The molecule has 0 atom stereocenters. The zero-order valence-corrected chi connectivity index (χ0v) is 15.8. The molecule has 0 radical (unpaired) electrons. The Morgan fingerprint density at radius 3 is 2.88 bits per heavy atom. The summed E-state index contributed by atoms with van der Waals surface area (Å²) >= 11 is 1.57. The zero-order chi connectivity index (χ0) is 17.9. The number of aromatic nitrogens is 2. The van der Waals surface area contributed by atoms with Crippen LogP contribution in [0.3, 0.4) is 0 Å². The molecule has 5 nitrogen and oxygen atoms in total. The van der Waals surface area contributed by atoms with Crippen molar-refractivity contribution in [3.8, 4) is 0 Å². The van der Waals surface area contributed by atoms with Gasteiger partial charge in [-0.1, -0.05) is 18.2 Å². The van der Waals surface area contributed by atoms with E-state index in [1.54, 1.807) is 18.3 Å². The average Bonchev–Trinajstić information content (AvgIpc) is 3.31. The van der Waals surface area contributed by atoms with Crippen molar-refractivity contribution in [2.24, 2.45) is 0 Å². The van der Waals surface area contributed by atoms with Gasteiger partial charge in [0, 0.05) is 35.6 Å². The highest BCUT2D eigenvalue weighted by Gasteiger charge is 2.24. The van der Waals surface area contributed by atoms with Gasteiger partial charge in [0.1, 0.15) is 11.6 Å². The summed E-state index contributed by atoms with van der Waals surface area (Å²) in [6, 6.07) is 8.54. The molecule has 1 N–H and O–H groups in total. The minimum Gasteiger partial charge on any atom is -0.361 e. The second kappa shape index (κ2) is 7.60. The van der Waals surface area contributed by atoms with Crippen LogP contribution in [0.15, 0.2) is 41.4 Å². The van der Waals surface area contributed by atoms with E-state index in [4.69, 9.17) is 0 Å². The zero-order valence-electron chi connectivity index (χ0n) is 15.0. The number of fused-ring (bicyclic) bond motifs is 1. The quantitative estimate of drug-likeness (QED) is 0.718. The Hall–Kier alpha value is -2.18. The molecule has 0 spiro atoms. The highest BCUT2D eigenvalue weighted by atomic mass is 32.1. The van der Waals surface area contributed by atoms with Crippen LogP contribution in [-0.4, -0.2) is 47.0 Å². The van der Waals surface area contributed by atoms with Crippen molar-refractivity contribution in [2.45, 2.75) is 25.7 Å². The molecule has 0 aliphatic carbocycles. The third kappa shape index (κ3) is 3.66. The average molecular weight is 369 g/mol. The summed E-state index contributed by atoms with van der Waals surface area (Å²) in [7, 11) is 0. The fraction of sp³-hybridized carbons (Fsp3) is 0.400. The fourth-order valence-corrected chi connectivity index (χ4v) is 4.45. The first-order valence-corrected chi connectivity index (χ1v) is 10.1. The topological polar surface area (TPSA) is 52.2 Å². The number of ketones is 1. The summed E-state index contributed by atoms with van der Waals surface area (Å²) < 4.78 is 0. The minimum atomic E-state index is 0.173. The molecule has 0 saturated carbocycles. The first-order chi connectivity index (χ1) is 12.7. The molecule has 3 heterocycles. The molecular formula is C20H24N4OS. The smallest absolute Gasteiger partial charge is 0.149 e. The van der Waals surface area contributed by atoms with Gasteiger partial charge in [-0.05, 0) is 37.3 Å². The molecular weight excluding hydrogens is 344 g/mol. The van der Waals surface area contributed by atoms with E-state index >= 15 is 0 Å². The molecule has 0 amide bonds. The van der Waals surface area contributed by atoms with Crippen LogP contribution >= 0.6 is 11.3 Å². The normalized spacial score (nSPS) is 16.2. The Bertz CT molecular complexity index is 865. The summed E-state index contributed by atoms with van der Waals surface area (Å²) in [5.41, 5.74) is 4.49. The van der Waals surface area contributed by atoms with Gasteiger partial charge in [0.15, 0.2) is 0 Å². The number of hydrogen-bond donors (Lipinski definition) is 1. The number of anilines is 1. The number of piperidine rings is 1. The Balaban J connectivity index is 1.40. The maximum atomic E-state index is 11.6. The third-order valence-electron chi connectivity index (χ3n) is 5.18. The van der Waals surface area contributed by atoms with Crippen LogP contribution in [0.2, 0.25) is 0 Å². The lowest BCUT2D eigenvalue weighted by Gasteiger charge is -2.35. The van der Waals surface area contributed by atoms with E-state index in [2.05, 4.69) is 50.2 Å². The molecule has 3 aromatic rings. The van der Waals surface area contributed by atoms with Crippen molar-refractivity contribution < 1.29 is 4.79 Å². The number of benzene rings is 1. The number of hydrogen-bond acceptors (Lipinski definition) is 5. The van der Waals surface area contributed by atoms with Crippen molar-refractivity contribution in [3.63, 3.8) is 0 Å². The monoisotopic (exact) mass is 368 g/mol. The van der Waals surface area contributed by atoms with Crippen LogP contribution in [0.4, 0.5) is 5.82 Å². The first kappa shape index (κ1) is 17.2. The molecule has 0 unspecified atom stereocenters. The molecule has 1 aromatic carbocycles. The van der Waals surface area contributed by atoms with Gasteiger partial charge >= 0.3 is 0 Å². The standard InChI is InChI=1S/C20H24N4OS/c1-15(25)11-24(20-12-26-13-22-20)14-23-8-6-16(7-9-23)18-10-21-19-5-3-2-4-17(18)19/h2-5,10,12-13,16,21H,6-9,11,14H2,1H3. The summed E-state index contributed by atoms with van der Waals surface area (Å²) in [6.07, 6.45) is 4.47. The van der Waals surface area contributed by atoms with E-state index in [1.165, 1.54) is 16.5 Å². The maximum absolute atomic E-state index is 11.6. The lowest BCUT2D eigenvalue weighted by Crippen LogP contribution is -2.43. The number of H-pyrrole nitrogens is 1. The second-order valence-corrected chi connectivity index (χ2v) is 7.79. The minimum absolute atomic E-state index is 0.173. The summed E-state index contributed by atoms with van der Waals surface area (Å²) in [6.45, 7) is 4.92. The second-order valence-electron chi connectivity index (χ2n) is 7.07. The van der Waals surface area contributed by atoms with E-state index in [-0.39, 0.29) is 5.78 Å². The summed E-state index contributed by atoms with van der Waals surface area (Å²) in [5, 5.41) is 3.37. The number of likely N-dealkylation sites (tertiary alicyclic amines) is 1. The molecule has 26 heavy (non-hydrogen) atoms. The van der Waals surface area contributed by atoms with Crippen molar-refractivity contribution in [1.29, 1.82) is 0 Å². The van der Waals surface area contributed by atoms with Gasteiger partial charge in [-0.2, -0.15) is 0 Å². The molecule has 1 aliphatic rings. The van der Waals surface area contributed by atoms with Crippen molar-refractivity contribution in [1.82, 2.24) is 14.9 Å². The highest BCUT2D eigenvalue weighted by Crippen LogP contribution is 2.33. The number of Topliss-reactive ketones (excluding diaryl/α,β-unsaturated/α-hetero) is 1. The molecule has 4 rings (SSSR count). The lowest BCUT2D eigenvalue weighted by atomic mass is 9.89. The van der Waals surface area contributed by atoms with Crippen LogP contribution < -0.4 is 4.90 Å². The largest absolute Gasteiger partial charge is 0.361 e. The van der Waals surface area contributed by atoms with Gasteiger partial charge in [-0.15, -0.1) is 11.3 Å². The number of nitrogens with zero attached hydrogens (tertiary/aromatic N) is 3. The summed E-state index contributed by atoms with van der Waals surface area (Å²) in [4.78, 5) is 24.0. The van der Waals surface area contributed by atoms with E-state index in [0.29, 0.717) is 12.5 Å². The number of thiazole rings is 1. The van der Waals surface area contributed by atoms with Gasteiger partial charge in [0.25, 0.3) is 0 Å². The highest BCUT2D eigenvalue weighted by molar-refractivity contribution is 7.07. The Labute approximate surface area is 157 Å². The van der Waals surface area contributed by atoms with Crippen LogP contribution in [0.1, 0.15) is 31.2 Å². The number of carbonyl (C=O) groups excluding carboxylic acids is 1. The molecule has 0 bridgehead atoms. The number of nitrogens with one attached hydrogen (secondary N) is 1. The van der Waals surface area contributed by atoms with Crippen molar-refractivity contribution in [3.05, 3.63) is 46.9 Å². The SMILES string of the molecule is CC(=O)CN(CN1CCC(c2c[nH]c3ccccc23)CC1)c1cscn1. The van der Waals surface area contributed by atoms with Crippen LogP contribution in [0, 0.1) is 0 Å². The van der Waals surface area contributed by atoms with Crippen LogP contribution in [0.5, 0.6) is 0 Å². The predicted octanol–water partition coefficient (Wildman–Crippen LogP) is 3.86. The van der Waals surface area contributed by atoms with Crippen molar-refractivity contribution in [2.75, 3.05) is 31.2 Å². The number of para-hydroxylation sites is 1. The van der Waals surface area contributed by atoms with Crippen LogP contribution in [0.25, 0.3) is 10.9 Å². The number of aromatic amines is 1. The Morgan fingerprint density at radius 2 is 2.15 bits per heavy atom. The van der Waals surface area contributed by atoms with Gasteiger partial charge in [-0.25, -0.2) is 4.98 Å². The van der Waals surface area contributed by atoms with Gasteiger partial charge in [0.05, 0.1) is 18.7 Å². The van der Waals surface area contributed by atoms with E-state index in [9.17, 15) is 4.79 Å². The van der Waals surface area contributed by atoms with Gasteiger partial charge in [-0.3, -0.25) is 9.69 Å². The molecule has 1 fully saturated rings. The fourth-order valence-electron chi connectivity index (χ4n) is 3.89. The molecule has 136 valence electrons. The number of rotatable bonds is 6. The predicted molar refractivity (Wildman–Crippen MR) is 107 cm³/mol. The van der Waals surface area contributed by atoms with Crippen LogP contribution in [-0.2, 0) is 4.79 Å². The Morgan fingerprint density at radius 1 is 1.35 bits per heavy atom. The molecule has 1 aliphatic heterocycles. The van der Waals surface area contributed by atoms with E-state index in [1.807, 2.05) is 10.9 Å². The van der Waals surface area contributed by atoms with E-state index in [0.717, 1.165) is 38.4 Å².